The van der Waals surface area contributed by atoms with Gasteiger partial charge in [0.25, 0.3) is 0 Å². The molecule has 29 heavy (non-hydrogen) atoms. The number of urea groups is 1. The molecule has 1 saturated heterocycles. The van der Waals surface area contributed by atoms with Crippen LogP contribution in [0.4, 0.5) is 4.79 Å². The van der Waals surface area contributed by atoms with Crippen molar-refractivity contribution >= 4 is 6.03 Å². The monoisotopic (exact) mass is 393 g/mol. The number of aliphatic hydroxyl groups excluding tert-OH is 1. The van der Waals surface area contributed by atoms with Crippen molar-refractivity contribution in [1.82, 2.24) is 15.1 Å². The molecule has 154 valence electrons. The van der Waals surface area contributed by atoms with Crippen molar-refractivity contribution in [3.05, 3.63) is 71.3 Å². The molecule has 5 heteroatoms. The number of rotatable bonds is 5. The molecule has 2 N–H and O–H groups in total. The molecule has 5 nitrogen and oxygen atoms in total. The van der Waals surface area contributed by atoms with Gasteiger partial charge < -0.3 is 15.3 Å². The van der Waals surface area contributed by atoms with Crippen molar-refractivity contribution < 1.29 is 9.90 Å². The molecule has 0 spiro atoms. The number of piperidine rings is 1. The van der Waals surface area contributed by atoms with Crippen LogP contribution in [0.1, 0.15) is 35.4 Å². The zero-order chi connectivity index (χ0) is 20.1. The number of benzene rings is 2. The van der Waals surface area contributed by atoms with E-state index >= 15 is 0 Å². The van der Waals surface area contributed by atoms with Crippen molar-refractivity contribution in [3.63, 3.8) is 0 Å². The number of hydrogen-bond acceptors (Lipinski definition) is 3. The van der Waals surface area contributed by atoms with Crippen molar-refractivity contribution in [2.24, 2.45) is 0 Å². The molecule has 2 aliphatic rings. The summed E-state index contributed by atoms with van der Waals surface area (Å²) in [5.41, 5.74) is 4.05. The number of likely N-dealkylation sites (tertiary alicyclic amines) is 1. The standard InChI is InChI=1S/C24H31N3O2/c28-23(18-26-14-12-20-9-4-5-10-21(20)16-26)15-25-24(29)27-13-6-11-22(17-27)19-7-2-1-3-8-19/h1-5,7-10,22-23,28H,6,11-18H2,(H,25,29)/t22-,23+/m0/s1. The number of hydrogen-bond donors (Lipinski definition) is 2. The van der Waals surface area contributed by atoms with E-state index in [1.54, 1.807) is 0 Å². The first-order chi connectivity index (χ1) is 14.2. The Kier molecular flexibility index (Phi) is 6.47. The smallest absolute Gasteiger partial charge is 0.317 e. The van der Waals surface area contributed by atoms with Gasteiger partial charge in [0.15, 0.2) is 0 Å². The van der Waals surface area contributed by atoms with Gasteiger partial charge in [0.05, 0.1) is 6.10 Å². The molecule has 0 bridgehead atoms. The number of carbonyl (C=O) groups is 1. The normalized spacial score (nSPS) is 20.7. The van der Waals surface area contributed by atoms with Gasteiger partial charge in [0.1, 0.15) is 0 Å². The summed E-state index contributed by atoms with van der Waals surface area (Å²) in [6.45, 7) is 4.23. The molecule has 1 fully saturated rings. The Hall–Kier alpha value is -2.37. The van der Waals surface area contributed by atoms with Crippen molar-refractivity contribution in [3.8, 4) is 0 Å². The third-order valence-corrected chi connectivity index (χ3v) is 6.15. The summed E-state index contributed by atoms with van der Waals surface area (Å²) in [5, 5.41) is 13.4. The van der Waals surface area contributed by atoms with E-state index in [0.717, 1.165) is 45.4 Å². The van der Waals surface area contributed by atoms with Gasteiger partial charge in [-0.15, -0.1) is 0 Å². The van der Waals surface area contributed by atoms with Gasteiger partial charge in [-0.25, -0.2) is 4.79 Å². The maximum Gasteiger partial charge on any atom is 0.317 e. The first-order valence-corrected chi connectivity index (χ1v) is 10.7. The minimum Gasteiger partial charge on any atom is -0.390 e. The molecule has 2 atom stereocenters. The van der Waals surface area contributed by atoms with E-state index in [0.29, 0.717) is 19.0 Å². The predicted octanol–water partition coefficient (Wildman–Crippen LogP) is 2.99. The van der Waals surface area contributed by atoms with E-state index < -0.39 is 6.10 Å². The van der Waals surface area contributed by atoms with Crippen molar-refractivity contribution in [2.45, 2.75) is 37.8 Å². The molecule has 0 unspecified atom stereocenters. The fraction of sp³-hybridized carbons (Fsp3) is 0.458. The molecule has 2 aliphatic heterocycles. The van der Waals surface area contributed by atoms with Crippen LogP contribution < -0.4 is 5.32 Å². The summed E-state index contributed by atoms with van der Waals surface area (Å²) >= 11 is 0. The van der Waals surface area contributed by atoms with Crippen LogP contribution in [0, 0.1) is 0 Å². The zero-order valence-corrected chi connectivity index (χ0v) is 17.0. The summed E-state index contributed by atoms with van der Waals surface area (Å²) in [4.78, 5) is 16.8. The first-order valence-electron chi connectivity index (χ1n) is 10.7. The fourth-order valence-corrected chi connectivity index (χ4v) is 4.55. The van der Waals surface area contributed by atoms with Gasteiger partial charge in [0.2, 0.25) is 0 Å². The minimum absolute atomic E-state index is 0.0614. The highest BCUT2D eigenvalue weighted by molar-refractivity contribution is 5.74. The molecule has 0 aliphatic carbocycles. The maximum absolute atomic E-state index is 12.6. The molecule has 2 heterocycles. The van der Waals surface area contributed by atoms with Gasteiger partial charge >= 0.3 is 6.03 Å². The molecule has 0 radical (unpaired) electrons. The number of aliphatic hydroxyl groups is 1. The van der Waals surface area contributed by atoms with E-state index in [4.69, 9.17) is 0 Å². The van der Waals surface area contributed by atoms with E-state index in [-0.39, 0.29) is 6.03 Å². The molecule has 4 rings (SSSR count). The van der Waals surface area contributed by atoms with Crippen LogP contribution in [-0.2, 0) is 13.0 Å². The summed E-state index contributed by atoms with van der Waals surface area (Å²) in [6, 6.07) is 18.9. The number of β-amino-alcohol motifs (C(OH)–C–C–N with tert-alkyl or cyclic N) is 1. The zero-order valence-electron chi connectivity index (χ0n) is 17.0. The number of fused-ring (bicyclic) bond motifs is 1. The van der Waals surface area contributed by atoms with Gasteiger partial charge in [-0.3, -0.25) is 4.90 Å². The number of amides is 2. The van der Waals surface area contributed by atoms with E-state index in [9.17, 15) is 9.90 Å². The molecular weight excluding hydrogens is 362 g/mol. The number of carbonyl (C=O) groups excluding carboxylic acids is 1. The Morgan fingerprint density at radius 3 is 2.66 bits per heavy atom. The summed E-state index contributed by atoms with van der Waals surface area (Å²) in [5.74, 6) is 0.397. The van der Waals surface area contributed by atoms with Crippen LogP contribution in [-0.4, -0.2) is 59.8 Å². The molecule has 2 aromatic rings. The third-order valence-electron chi connectivity index (χ3n) is 6.15. The highest BCUT2D eigenvalue weighted by Gasteiger charge is 2.25. The van der Waals surface area contributed by atoms with Crippen molar-refractivity contribution in [1.29, 1.82) is 0 Å². The Balaban J connectivity index is 1.23. The second-order valence-corrected chi connectivity index (χ2v) is 8.29. The van der Waals surface area contributed by atoms with Gasteiger partial charge in [-0.05, 0) is 36.0 Å². The van der Waals surface area contributed by atoms with Crippen LogP contribution in [0.5, 0.6) is 0 Å². The second-order valence-electron chi connectivity index (χ2n) is 8.29. The van der Waals surface area contributed by atoms with Crippen LogP contribution >= 0.6 is 0 Å². The Labute approximate surface area is 173 Å². The Bertz CT molecular complexity index is 811. The van der Waals surface area contributed by atoms with E-state index in [2.05, 4.69) is 58.7 Å². The second kappa shape index (κ2) is 9.42. The molecule has 2 amide bonds. The molecular formula is C24H31N3O2. The lowest BCUT2D eigenvalue weighted by Crippen LogP contribution is -2.48. The summed E-state index contributed by atoms with van der Waals surface area (Å²) in [6.07, 6.45) is 2.60. The third kappa shape index (κ3) is 5.17. The lowest BCUT2D eigenvalue weighted by Gasteiger charge is -2.34. The van der Waals surface area contributed by atoms with Crippen LogP contribution in [0.25, 0.3) is 0 Å². The predicted molar refractivity (Wildman–Crippen MR) is 115 cm³/mol. The Morgan fingerprint density at radius 1 is 1.07 bits per heavy atom. The highest BCUT2D eigenvalue weighted by atomic mass is 16.3. The molecule has 0 aromatic heterocycles. The summed E-state index contributed by atoms with van der Waals surface area (Å²) in [7, 11) is 0. The molecule has 2 aromatic carbocycles. The highest BCUT2D eigenvalue weighted by Crippen LogP contribution is 2.26. The minimum atomic E-state index is -0.557. The van der Waals surface area contributed by atoms with Gasteiger partial charge in [-0.1, -0.05) is 54.6 Å². The van der Waals surface area contributed by atoms with Crippen molar-refractivity contribution in [2.75, 3.05) is 32.7 Å². The van der Waals surface area contributed by atoms with Crippen LogP contribution in [0.2, 0.25) is 0 Å². The maximum atomic E-state index is 12.6. The Morgan fingerprint density at radius 2 is 1.83 bits per heavy atom. The first kappa shape index (κ1) is 19.9. The largest absolute Gasteiger partial charge is 0.390 e. The molecule has 0 saturated carbocycles. The van der Waals surface area contributed by atoms with Crippen LogP contribution in [0.3, 0.4) is 0 Å². The quantitative estimate of drug-likeness (QED) is 0.821. The average molecular weight is 394 g/mol. The van der Waals surface area contributed by atoms with Crippen LogP contribution in [0.15, 0.2) is 54.6 Å². The van der Waals surface area contributed by atoms with Gasteiger partial charge in [0, 0.05) is 45.2 Å². The number of nitrogens with zero attached hydrogens (tertiary/aromatic N) is 2. The summed E-state index contributed by atoms with van der Waals surface area (Å²) < 4.78 is 0. The fourth-order valence-electron chi connectivity index (χ4n) is 4.55. The lowest BCUT2D eigenvalue weighted by molar-refractivity contribution is 0.102. The SMILES string of the molecule is O=C(NC[C@@H](O)CN1CCc2ccccc2C1)N1CCC[C@H](c2ccccc2)C1. The average Bonchev–Trinajstić information content (AvgIpc) is 2.78. The topological polar surface area (TPSA) is 55.8 Å². The van der Waals surface area contributed by atoms with E-state index in [1.165, 1.54) is 16.7 Å². The van der Waals surface area contributed by atoms with E-state index in [1.807, 2.05) is 11.0 Å². The lowest BCUT2D eigenvalue weighted by atomic mass is 9.91. The number of nitrogens with one attached hydrogen (secondary N) is 1. The van der Waals surface area contributed by atoms with Gasteiger partial charge in [-0.2, -0.15) is 0 Å².